The second-order valence-corrected chi connectivity index (χ2v) is 9.44. The fraction of sp³-hybridized carbons (Fsp3) is 0.435. The number of aliphatic hydroxyl groups is 1. The van der Waals surface area contributed by atoms with Gasteiger partial charge < -0.3 is 9.66 Å². The van der Waals surface area contributed by atoms with Crippen LogP contribution in [-0.2, 0) is 24.2 Å². The fourth-order valence-corrected chi connectivity index (χ4v) is 5.34. The first-order valence-electron chi connectivity index (χ1n) is 10.3. The summed E-state index contributed by atoms with van der Waals surface area (Å²) in [5, 5.41) is 11.1. The second kappa shape index (κ2) is 9.08. The minimum Gasteiger partial charge on any atom is -0.760 e. The Bertz CT molecular complexity index is 889. The van der Waals surface area contributed by atoms with Crippen LogP contribution in [-0.4, -0.2) is 49.8 Å². The minimum atomic E-state index is -2.29. The number of nitrogens with zero attached hydrogens (tertiary/aromatic N) is 1. The molecule has 2 fully saturated rings. The number of hydrogen-bond donors (Lipinski definition) is 2. The summed E-state index contributed by atoms with van der Waals surface area (Å²) in [6.45, 7) is 2.30. The number of fused-ring (bicyclic) bond motifs is 1. The maximum atomic E-state index is 12.7. The maximum Gasteiger partial charge on any atom is 0.176 e. The molecule has 0 radical (unpaired) electrons. The Labute approximate surface area is 179 Å². The third kappa shape index (κ3) is 5.22. The molecule has 0 spiro atoms. The molecular weight excluding hydrogens is 400 g/mol. The highest BCUT2D eigenvalue weighted by Crippen LogP contribution is 2.45. The van der Waals surface area contributed by atoms with Gasteiger partial charge in [0.15, 0.2) is 5.78 Å². The summed E-state index contributed by atoms with van der Waals surface area (Å²) in [5.74, 6) is 0.947. The van der Waals surface area contributed by atoms with Gasteiger partial charge in [-0.1, -0.05) is 54.6 Å². The van der Waals surface area contributed by atoms with E-state index in [1.54, 1.807) is 24.3 Å². The van der Waals surface area contributed by atoms with Crippen molar-refractivity contribution in [3.8, 4) is 0 Å². The number of likely N-dealkylation sites (tertiary alicyclic amines) is 1. The standard InChI is InChI=1S/C23H28N2O4S/c26-22(19-8-6-18(7-9-19)13-24-30(28)29)16-25-14-20-11-23(27,12-21(20)15-25)10-17-4-2-1-3-5-17/h1-9,20-21,24,27H,10-16H2,(H,28,29)/p-1/t20-,21+,23?. The van der Waals surface area contributed by atoms with E-state index in [9.17, 15) is 18.7 Å². The molecule has 4 atom stereocenters. The van der Waals surface area contributed by atoms with E-state index in [0.717, 1.165) is 31.5 Å². The van der Waals surface area contributed by atoms with Crippen molar-refractivity contribution in [3.05, 3.63) is 71.3 Å². The molecule has 1 heterocycles. The number of rotatable bonds is 8. The molecule has 1 aliphatic carbocycles. The molecule has 2 aromatic rings. The zero-order valence-corrected chi connectivity index (χ0v) is 17.6. The fourth-order valence-electron chi connectivity index (χ4n) is 5.05. The minimum absolute atomic E-state index is 0.0708. The molecule has 1 saturated heterocycles. The van der Waals surface area contributed by atoms with Crippen LogP contribution in [0.15, 0.2) is 54.6 Å². The van der Waals surface area contributed by atoms with E-state index in [1.807, 2.05) is 18.2 Å². The van der Waals surface area contributed by atoms with Crippen LogP contribution in [0.5, 0.6) is 0 Å². The van der Waals surface area contributed by atoms with Gasteiger partial charge in [-0.15, -0.1) is 0 Å². The maximum absolute atomic E-state index is 12.7. The average Bonchev–Trinajstić information content (AvgIpc) is 3.21. The van der Waals surface area contributed by atoms with Gasteiger partial charge in [0.2, 0.25) is 0 Å². The molecule has 1 aliphatic heterocycles. The van der Waals surface area contributed by atoms with Gasteiger partial charge in [0, 0.05) is 42.9 Å². The molecule has 0 bridgehead atoms. The molecule has 2 N–H and O–H groups in total. The van der Waals surface area contributed by atoms with Crippen LogP contribution >= 0.6 is 0 Å². The van der Waals surface area contributed by atoms with Gasteiger partial charge in [0.1, 0.15) is 0 Å². The predicted molar refractivity (Wildman–Crippen MR) is 114 cm³/mol. The molecule has 1 saturated carbocycles. The molecule has 2 unspecified atom stereocenters. The number of benzene rings is 2. The Hall–Kier alpha value is -1.90. The molecule has 0 aromatic heterocycles. The third-order valence-electron chi connectivity index (χ3n) is 6.35. The van der Waals surface area contributed by atoms with E-state index in [1.165, 1.54) is 5.56 Å². The number of hydrogen-bond acceptors (Lipinski definition) is 5. The Morgan fingerprint density at radius 3 is 2.30 bits per heavy atom. The van der Waals surface area contributed by atoms with Gasteiger partial charge in [-0.2, -0.15) is 0 Å². The average molecular weight is 428 g/mol. The van der Waals surface area contributed by atoms with Crippen LogP contribution in [0.4, 0.5) is 0 Å². The Morgan fingerprint density at radius 2 is 1.70 bits per heavy atom. The van der Waals surface area contributed by atoms with E-state index in [-0.39, 0.29) is 12.3 Å². The lowest BCUT2D eigenvalue weighted by molar-refractivity contribution is 0.0355. The molecule has 0 amide bonds. The van der Waals surface area contributed by atoms with Gasteiger partial charge in [0.25, 0.3) is 0 Å². The van der Waals surface area contributed by atoms with E-state index >= 15 is 0 Å². The van der Waals surface area contributed by atoms with Crippen LogP contribution in [0.1, 0.15) is 34.3 Å². The summed E-state index contributed by atoms with van der Waals surface area (Å²) in [7, 11) is 0. The zero-order valence-electron chi connectivity index (χ0n) is 16.8. The number of carbonyl (C=O) groups excluding carboxylic acids is 1. The summed E-state index contributed by atoms with van der Waals surface area (Å²) in [5.41, 5.74) is 1.99. The normalized spacial score (nSPS) is 27.1. The first kappa shape index (κ1) is 21.3. The number of Topliss-reactive ketones (excluding diaryl/α,β-unsaturated/α-hetero) is 1. The van der Waals surface area contributed by atoms with E-state index < -0.39 is 16.9 Å². The monoisotopic (exact) mass is 427 g/mol. The molecular formula is C23H27N2O4S-. The number of carbonyl (C=O) groups is 1. The molecule has 160 valence electrons. The van der Waals surface area contributed by atoms with Crippen molar-refractivity contribution < 1.29 is 18.7 Å². The first-order chi connectivity index (χ1) is 14.4. The van der Waals surface area contributed by atoms with Crippen LogP contribution in [0, 0.1) is 11.8 Å². The Kier molecular flexibility index (Phi) is 6.46. The van der Waals surface area contributed by atoms with Crippen LogP contribution in [0.3, 0.4) is 0 Å². The first-order valence-corrected chi connectivity index (χ1v) is 11.4. The highest BCUT2D eigenvalue weighted by molar-refractivity contribution is 7.77. The highest BCUT2D eigenvalue weighted by Gasteiger charge is 2.48. The third-order valence-corrected chi connectivity index (χ3v) is 6.73. The number of nitrogens with one attached hydrogen (secondary N) is 1. The number of ketones is 1. The largest absolute Gasteiger partial charge is 0.760 e. The summed E-state index contributed by atoms with van der Waals surface area (Å²) in [6, 6.07) is 17.2. The van der Waals surface area contributed by atoms with Gasteiger partial charge in [0.05, 0.1) is 12.1 Å². The van der Waals surface area contributed by atoms with Crippen molar-refractivity contribution in [1.29, 1.82) is 0 Å². The Morgan fingerprint density at radius 1 is 1.07 bits per heavy atom. The lowest BCUT2D eigenvalue weighted by atomic mass is 9.91. The van der Waals surface area contributed by atoms with Crippen molar-refractivity contribution in [3.63, 3.8) is 0 Å². The highest BCUT2D eigenvalue weighted by atomic mass is 32.2. The van der Waals surface area contributed by atoms with Crippen LogP contribution < -0.4 is 4.72 Å². The Balaban J connectivity index is 1.28. The molecule has 2 aliphatic rings. The van der Waals surface area contributed by atoms with Crippen LogP contribution in [0.25, 0.3) is 0 Å². The summed E-state index contributed by atoms with van der Waals surface area (Å²) < 4.78 is 23.5. The van der Waals surface area contributed by atoms with Crippen LogP contribution in [0.2, 0.25) is 0 Å². The lowest BCUT2D eigenvalue weighted by Gasteiger charge is -2.26. The molecule has 2 aromatic carbocycles. The summed E-state index contributed by atoms with van der Waals surface area (Å²) in [4.78, 5) is 14.9. The van der Waals surface area contributed by atoms with Gasteiger partial charge in [-0.05, 0) is 35.8 Å². The summed E-state index contributed by atoms with van der Waals surface area (Å²) >= 11 is -2.29. The van der Waals surface area contributed by atoms with Crippen molar-refractivity contribution >= 4 is 17.0 Å². The second-order valence-electron chi connectivity index (χ2n) is 8.69. The zero-order chi connectivity index (χ0) is 21.1. The van der Waals surface area contributed by atoms with E-state index in [2.05, 4.69) is 21.8 Å². The molecule has 7 heteroatoms. The SMILES string of the molecule is O=C(CN1C[C@@H]2CC(O)(Cc3ccccc3)C[C@@H]2C1)c1ccc(CNS(=O)[O-])cc1. The van der Waals surface area contributed by atoms with Crippen molar-refractivity contribution in [2.45, 2.75) is 31.4 Å². The quantitative estimate of drug-likeness (QED) is 0.497. The molecule has 30 heavy (non-hydrogen) atoms. The topological polar surface area (TPSA) is 92.7 Å². The van der Waals surface area contributed by atoms with Gasteiger partial charge in [-0.3, -0.25) is 13.9 Å². The van der Waals surface area contributed by atoms with Crippen molar-refractivity contribution in [2.75, 3.05) is 19.6 Å². The van der Waals surface area contributed by atoms with E-state index in [4.69, 9.17) is 0 Å². The van der Waals surface area contributed by atoms with Gasteiger partial charge >= 0.3 is 0 Å². The smallest absolute Gasteiger partial charge is 0.176 e. The van der Waals surface area contributed by atoms with E-state index in [0.29, 0.717) is 30.4 Å². The summed E-state index contributed by atoms with van der Waals surface area (Å²) in [6.07, 6.45) is 2.28. The van der Waals surface area contributed by atoms with Gasteiger partial charge in [-0.25, -0.2) is 4.72 Å². The molecule has 6 nitrogen and oxygen atoms in total. The van der Waals surface area contributed by atoms with Crippen molar-refractivity contribution in [2.24, 2.45) is 11.8 Å². The lowest BCUT2D eigenvalue weighted by Crippen LogP contribution is -2.34. The predicted octanol–water partition coefficient (Wildman–Crippen LogP) is 2.07. The molecule has 4 rings (SSSR count). The van der Waals surface area contributed by atoms with Crippen molar-refractivity contribution in [1.82, 2.24) is 9.62 Å².